The fourth-order valence-electron chi connectivity index (χ4n) is 3.17. The Morgan fingerprint density at radius 1 is 1.07 bits per heavy atom. The smallest absolute Gasteiger partial charge is 0.161 e. The molecule has 142 valence electrons. The zero-order valence-electron chi connectivity index (χ0n) is 15.4. The molecule has 2 aromatic heterocycles. The van der Waals surface area contributed by atoms with Crippen molar-refractivity contribution in [3.8, 4) is 11.3 Å². The molecule has 0 N–H and O–H groups in total. The predicted molar refractivity (Wildman–Crippen MR) is 109 cm³/mol. The Kier molecular flexibility index (Phi) is 5.32. The maximum Gasteiger partial charge on any atom is 0.161 e. The minimum atomic E-state index is -0.219. The average molecular weight is 396 g/mol. The van der Waals surface area contributed by atoms with E-state index in [-0.39, 0.29) is 5.82 Å². The topological polar surface area (TPSA) is 46.8 Å². The fraction of sp³-hybridized carbons (Fsp3) is 0.190. The number of aromatic nitrogens is 4. The molecule has 4 rings (SSSR count). The lowest BCUT2D eigenvalue weighted by atomic mass is 10.1. The molecular weight excluding hydrogens is 377 g/mol. The summed E-state index contributed by atoms with van der Waals surface area (Å²) in [6, 6.07) is 14.2. The molecule has 2 aromatic carbocycles. The highest BCUT2D eigenvalue weighted by Gasteiger charge is 2.13. The molecule has 0 saturated carbocycles. The van der Waals surface area contributed by atoms with E-state index >= 15 is 0 Å². The van der Waals surface area contributed by atoms with Crippen molar-refractivity contribution in [3.63, 3.8) is 0 Å². The molecule has 0 fully saturated rings. The van der Waals surface area contributed by atoms with E-state index in [0.29, 0.717) is 11.6 Å². The van der Waals surface area contributed by atoms with Crippen molar-refractivity contribution in [1.82, 2.24) is 24.6 Å². The number of hydrogen-bond acceptors (Lipinski definition) is 4. The van der Waals surface area contributed by atoms with Crippen LogP contribution < -0.4 is 0 Å². The first-order valence-electron chi connectivity index (χ1n) is 8.96. The van der Waals surface area contributed by atoms with Crippen LogP contribution in [0.1, 0.15) is 5.56 Å². The van der Waals surface area contributed by atoms with Gasteiger partial charge in [0.1, 0.15) is 12.1 Å². The molecule has 0 aliphatic carbocycles. The van der Waals surface area contributed by atoms with Gasteiger partial charge in [-0.1, -0.05) is 41.9 Å². The molecule has 7 heteroatoms. The molecule has 0 aliphatic rings. The molecule has 0 unspecified atom stereocenters. The second kappa shape index (κ2) is 8.04. The van der Waals surface area contributed by atoms with Crippen LogP contribution in [-0.2, 0) is 13.1 Å². The summed E-state index contributed by atoms with van der Waals surface area (Å²) in [7, 11) is 2.03. The Hall–Kier alpha value is -2.83. The Balaban J connectivity index is 1.51. The van der Waals surface area contributed by atoms with Gasteiger partial charge in [-0.2, -0.15) is 5.10 Å². The predicted octanol–water partition coefficient (Wildman–Crippen LogP) is 4.42. The molecule has 0 amide bonds. The SMILES string of the molecule is CN(CCn1ncc2c(-c3ccccc3Cl)ncnc21)Cc1ccc(F)cc1. The van der Waals surface area contributed by atoms with Crippen LogP contribution in [-0.4, -0.2) is 38.2 Å². The van der Waals surface area contributed by atoms with Crippen LogP contribution in [0, 0.1) is 5.82 Å². The van der Waals surface area contributed by atoms with E-state index < -0.39 is 0 Å². The quantitative estimate of drug-likeness (QED) is 0.485. The lowest BCUT2D eigenvalue weighted by Gasteiger charge is -2.16. The highest BCUT2D eigenvalue weighted by atomic mass is 35.5. The van der Waals surface area contributed by atoms with Gasteiger partial charge in [0.05, 0.1) is 23.8 Å². The number of fused-ring (bicyclic) bond motifs is 1. The van der Waals surface area contributed by atoms with E-state index in [1.54, 1.807) is 24.7 Å². The van der Waals surface area contributed by atoms with E-state index in [2.05, 4.69) is 20.0 Å². The average Bonchev–Trinajstić information content (AvgIpc) is 3.12. The van der Waals surface area contributed by atoms with Gasteiger partial charge in [-0.25, -0.2) is 19.0 Å². The Morgan fingerprint density at radius 3 is 2.64 bits per heavy atom. The molecule has 0 radical (unpaired) electrons. The molecule has 28 heavy (non-hydrogen) atoms. The van der Waals surface area contributed by atoms with Crippen molar-refractivity contribution < 1.29 is 4.39 Å². The summed E-state index contributed by atoms with van der Waals surface area (Å²) in [4.78, 5) is 11.0. The van der Waals surface area contributed by atoms with Gasteiger partial charge in [0.2, 0.25) is 0 Å². The van der Waals surface area contributed by atoms with E-state index in [1.165, 1.54) is 12.1 Å². The molecule has 5 nitrogen and oxygen atoms in total. The normalized spacial score (nSPS) is 11.4. The molecule has 2 heterocycles. The Morgan fingerprint density at radius 2 is 1.86 bits per heavy atom. The van der Waals surface area contributed by atoms with Gasteiger partial charge in [0, 0.05) is 23.7 Å². The third kappa shape index (κ3) is 3.88. The van der Waals surface area contributed by atoms with Gasteiger partial charge < -0.3 is 4.90 Å². The van der Waals surface area contributed by atoms with Crippen LogP contribution in [0.15, 0.2) is 61.1 Å². The summed E-state index contributed by atoms with van der Waals surface area (Å²) in [6.45, 7) is 2.19. The first-order chi connectivity index (χ1) is 13.6. The molecule has 0 saturated heterocycles. The summed E-state index contributed by atoms with van der Waals surface area (Å²) >= 11 is 6.34. The lowest BCUT2D eigenvalue weighted by molar-refractivity contribution is 0.307. The molecular formula is C21H19ClFN5. The van der Waals surface area contributed by atoms with Crippen LogP contribution >= 0.6 is 11.6 Å². The van der Waals surface area contributed by atoms with Gasteiger partial charge in [-0.3, -0.25) is 0 Å². The molecule has 0 bridgehead atoms. The summed E-state index contributed by atoms with van der Waals surface area (Å²) in [5, 5.41) is 6.02. The van der Waals surface area contributed by atoms with Gasteiger partial charge in [-0.15, -0.1) is 0 Å². The minimum Gasteiger partial charge on any atom is -0.300 e. The molecule has 4 aromatic rings. The fourth-order valence-corrected chi connectivity index (χ4v) is 3.40. The number of hydrogen-bond donors (Lipinski definition) is 0. The number of halogens is 2. The first-order valence-corrected chi connectivity index (χ1v) is 9.34. The first kappa shape index (κ1) is 18.5. The van der Waals surface area contributed by atoms with Crippen molar-refractivity contribution in [1.29, 1.82) is 0 Å². The second-order valence-electron chi connectivity index (χ2n) is 6.67. The van der Waals surface area contributed by atoms with Gasteiger partial charge in [0.15, 0.2) is 5.65 Å². The number of benzene rings is 2. The highest BCUT2D eigenvalue weighted by Crippen LogP contribution is 2.30. The lowest BCUT2D eigenvalue weighted by Crippen LogP contribution is -2.23. The Bertz CT molecular complexity index is 1090. The van der Waals surface area contributed by atoms with E-state index in [9.17, 15) is 4.39 Å². The zero-order chi connectivity index (χ0) is 19.5. The molecule has 0 aliphatic heterocycles. The summed E-state index contributed by atoms with van der Waals surface area (Å²) in [5.74, 6) is -0.219. The van der Waals surface area contributed by atoms with Crippen LogP contribution in [0.3, 0.4) is 0 Å². The van der Waals surface area contributed by atoms with E-state index in [4.69, 9.17) is 11.6 Å². The van der Waals surface area contributed by atoms with Crippen LogP contribution in [0.5, 0.6) is 0 Å². The molecule has 0 atom stereocenters. The van der Waals surface area contributed by atoms with Gasteiger partial charge in [-0.05, 0) is 30.8 Å². The van der Waals surface area contributed by atoms with Crippen molar-refractivity contribution >= 4 is 22.6 Å². The second-order valence-corrected chi connectivity index (χ2v) is 7.08. The van der Waals surface area contributed by atoms with Crippen LogP contribution in [0.4, 0.5) is 4.39 Å². The maximum absolute atomic E-state index is 13.0. The highest BCUT2D eigenvalue weighted by molar-refractivity contribution is 6.33. The van der Waals surface area contributed by atoms with E-state index in [1.807, 2.05) is 36.0 Å². The molecule has 0 spiro atoms. The zero-order valence-corrected chi connectivity index (χ0v) is 16.1. The number of nitrogens with zero attached hydrogens (tertiary/aromatic N) is 5. The van der Waals surface area contributed by atoms with Gasteiger partial charge >= 0.3 is 0 Å². The van der Waals surface area contributed by atoms with Crippen LogP contribution in [0.25, 0.3) is 22.3 Å². The van der Waals surface area contributed by atoms with Crippen molar-refractivity contribution in [2.24, 2.45) is 0 Å². The van der Waals surface area contributed by atoms with E-state index in [0.717, 1.165) is 40.9 Å². The monoisotopic (exact) mass is 395 g/mol. The van der Waals surface area contributed by atoms with Gasteiger partial charge in [0.25, 0.3) is 0 Å². The third-order valence-electron chi connectivity index (χ3n) is 4.62. The van der Waals surface area contributed by atoms with Crippen LogP contribution in [0.2, 0.25) is 5.02 Å². The van der Waals surface area contributed by atoms with Crippen molar-refractivity contribution in [2.45, 2.75) is 13.1 Å². The Labute approximate surface area is 167 Å². The largest absolute Gasteiger partial charge is 0.300 e. The van der Waals surface area contributed by atoms with Crippen molar-refractivity contribution in [2.75, 3.05) is 13.6 Å². The third-order valence-corrected chi connectivity index (χ3v) is 4.95. The summed E-state index contributed by atoms with van der Waals surface area (Å²) in [5.41, 5.74) is 3.49. The summed E-state index contributed by atoms with van der Waals surface area (Å²) < 4.78 is 14.9. The standard InChI is InChI=1S/C21H19ClFN5/c1-27(13-15-6-8-16(23)9-7-15)10-11-28-21-18(12-26-28)20(24-14-25-21)17-4-2-3-5-19(17)22/h2-9,12,14H,10-11,13H2,1H3. The number of likely N-dealkylation sites (N-methyl/N-ethyl adjacent to an activating group) is 1. The summed E-state index contributed by atoms with van der Waals surface area (Å²) in [6.07, 6.45) is 3.33. The van der Waals surface area contributed by atoms with Crippen molar-refractivity contribution in [3.05, 3.63) is 77.5 Å². The number of rotatable bonds is 6. The maximum atomic E-state index is 13.0. The minimum absolute atomic E-state index is 0.219.